The number of benzene rings is 1. The zero-order valence-electron chi connectivity index (χ0n) is 7.20. The third-order valence-electron chi connectivity index (χ3n) is 1.87. The second-order valence-corrected chi connectivity index (χ2v) is 2.82. The Morgan fingerprint density at radius 2 is 1.93 bits per heavy atom. The van der Waals surface area contributed by atoms with Gasteiger partial charge in [-0.05, 0) is 24.3 Å². The van der Waals surface area contributed by atoms with Gasteiger partial charge >= 0.3 is 0 Å². The second-order valence-electron chi connectivity index (χ2n) is 2.82. The first-order valence-electron chi connectivity index (χ1n) is 4.06. The molecule has 0 atom stereocenters. The fourth-order valence-electron chi connectivity index (χ4n) is 1.14. The molecule has 70 valence electrons. The fraction of sp³-hybridized carbons (Fsp3) is 0. The molecule has 0 spiro atoms. The summed E-state index contributed by atoms with van der Waals surface area (Å²) < 4.78 is 12.6. The van der Waals surface area contributed by atoms with Gasteiger partial charge in [-0.1, -0.05) is 0 Å². The van der Waals surface area contributed by atoms with Crippen LogP contribution in [-0.2, 0) is 0 Å². The molecule has 2 aromatic rings. The van der Waals surface area contributed by atoms with E-state index in [1.54, 1.807) is 0 Å². The number of nitrogens with one attached hydrogen (secondary N) is 1. The summed E-state index contributed by atoms with van der Waals surface area (Å²) in [5, 5.41) is 6.21. The highest BCUT2D eigenvalue weighted by Crippen LogP contribution is 2.08. The molecule has 0 unspecified atom stereocenters. The summed E-state index contributed by atoms with van der Waals surface area (Å²) in [6.45, 7) is 0. The molecule has 0 bridgehead atoms. The third-order valence-corrected chi connectivity index (χ3v) is 1.87. The molecule has 1 heterocycles. The maximum atomic E-state index is 12.6. The highest BCUT2D eigenvalue weighted by molar-refractivity contribution is 6.08. The van der Waals surface area contributed by atoms with Gasteiger partial charge in [0, 0.05) is 11.8 Å². The van der Waals surface area contributed by atoms with Gasteiger partial charge in [0.2, 0.25) is 0 Å². The number of hydrogen-bond donors (Lipinski definition) is 1. The number of ketones is 1. The summed E-state index contributed by atoms with van der Waals surface area (Å²) in [7, 11) is 0. The summed E-state index contributed by atoms with van der Waals surface area (Å²) in [6, 6.07) is 5.41. The lowest BCUT2D eigenvalue weighted by Crippen LogP contribution is -1.99. The zero-order chi connectivity index (χ0) is 9.97. The van der Waals surface area contributed by atoms with Gasteiger partial charge in [0.15, 0.2) is 5.78 Å². The van der Waals surface area contributed by atoms with Crippen LogP contribution < -0.4 is 0 Å². The van der Waals surface area contributed by atoms with E-state index in [1.165, 1.54) is 36.7 Å². The number of aromatic nitrogens is 2. The van der Waals surface area contributed by atoms with Crippen molar-refractivity contribution in [3.8, 4) is 0 Å². The molecule has 0 aliphatic heterocycles. The summed E-state index contributed by atoms with van der Waals surface area (Å²) in [4.78, 5) is 11.6. The van der Waals surface area contributed by atoms with Crippen LogP contribution in [0.2, 0.25) is 0 Å². The van der Waals surface area contributed by atoms with Gasteiger partial charge in [-0.2, -0.15) is 5.10 Å². The average molecular weight is 190 g/mol. The molecule has 1 aromatic heterocycles. The van der Waals surface area contributed by atoms with Crippen molar-refractivity contribution in [3.63, 3.8) is 0 Å². The van der Waals surface area contributed by atoms with Crippen molar-refractivity contribution in [1.82, 2.24) is 10.2 Å². The largest absolute Gasteiger partial charge is 0.288 e. The maximum absolute atomic E-state index is 12.6. The average Bonchev–Trinajstić information content (AvgIpc) is 2.71. The minimum absolute atomic E-state index is 0.168. The highest BCUT2D eigenvalue weighted by atomic mass is 19.1. The van der Waals surface area contributed by atoms with Crippen molar-refractivity contribution in [1.29, 1.82) is 0 Å². The van der Waals surface area contributed by atoms with E-state index in [0.717, 1.165) is 0 Å². The van der Waals surface area contributed by atoms with E-state index in [0.29, 0.717) is 11.1 Å². The molecule has 1 N–H and O–H groups in total. The van der Waals surface area contributed by atoms with Crippen molar-refractivity contribution in [2.24, 2.45) is 0 Å². The van der Waals surface area contributed by atoms with E-state index in [9.17, 15) is 9.18 Å². The van der Waals surface area contributed by atoms with E-state index in [-0.39, 0.29) is 11.6 Å². The van der Waals surface area contributed by atoms with Crippen molar-refractivity contribution in [2.75, 3.05) is 0 Å². The molecule has 3 nitrogen and oxygen atoms in total. The number of carbonyl (C=O) groups excluding carboxylic acids is 1. The SMILES string of the molecule is O=C(c1ccc(F)cc1)c1cn[nH]c1. The first kappa shape index (κ1) is 8.62. The summed E-state index contributed by atoms with van der Waals surface area (Å²) >= 11 is 0. The minimum Gasteiger partial charge on any atom is -0.288 e. The second kappa shape index (κ2) is 3.41. The molecular weight excluding hydrogens is 183 g/mol. The number of halogens is 1. The van der Waals surface area contributed by atoms with Crippen LogP contribution in [0.3, 0.4) is 0 Å². The van der Waals surface area contributed by atoms with E-state index in [2.05, 4.69) is 10.2 Å². The monoisotopic (exact) mass is 190 g/mol. The number of carbonyl (C=O) groups is 1. The number of aromatic amines is 1. The molecular formula is C10H7FN2O. The lowest BCUT2D eigenvalue weighted by Gasteiger charge is -1.96. The Morgan fingerprint density at radius 3 is 2.50 bits per heavy atom. The molecule has 0 saturated carbocycles. The van der Waals surface area contributed by atoms with E-state index in [4.69, 9.17) is 0 Å². The van der Waals surface area contributed by atoms with Crippen LogP contribution in [0.1, 0.15) is 15.9 Å². The van der Waals surface area contributed by atoms with Gasteiger partial charge in [0.1, 0.15) is 5.82 Å². The predicted octanol–water partition coefficient (Wildman–Crippen LogP) is 1.78. The molecule has 14 heavy (non-hydrogen) atoms. The lowest BCUT2D eigenvalue weighted by molar-refractivity contribution is 0.103. The Morgan fingerprint density at radius 1 is 1.21 bits per heavy atom. The minimum atomic E-state index is -0.353. The van der Waals surface area contributed by atoms with Crippen LogP contribution in [0.15, 0.2) is 36.7 Å². The predicted molar refractivity (Wildman–Crippen MR) is 48.4 cm³/mol. The maximum Gasteiger partial charge on any atom is 0.196 e. The zero-order valence-corrected chi connectivity index (χ0v) is 7.20. The third kappa shape index (κ3) is 1.54. The van der Waals surface area contributed by atoms with E-state index >= 15 is 0 Å². The smallest absolute Gasteiger partial charge is 0.196 e. The van der Waals surface area contributed by atoms with Gasteiger partial charge in [0.25, 0.3) is 0 Å². The van der Waals surface area contributed by atoms with Crippen molar-refractivity contribution in [3.05, 3.63) is 53.6 Å². The van der Waals surface area contributed by atoms with Crippen molar-refractivity contribution >= 4 is 5.78 Å². The van der Waals surface area contributed by atoms with Gasteiger partial charge in [0.05, 0.1) is 11.8 Å². The van der Waals surface area contributed by atoms with Crippen LogP contribution in [0, 0.1) is 5.82 Å². The highest BCUT2D eigenvalue weighted by Gasteiger charge is 2.09. The van der Waals surface area contributed by atoms with Crippen LogP contribution >= 0.6 is 0 Å². The van der Waals surface area contributed by atoms with Gasteiger partial charge < -0.3 is 0 Å². The Balaban J connectivity index is 2.33. The Hall–Kier alpha value is -1.97. The number of hydrogen-bond acceptors (Lipinski definition) is 2. The van der Waals surface area contributed by atoms with Crippen molar-refractivity contribution < 1.29 is 9.18 Å². The lowest BCUT2D eigenvalue weighted by atomic mass is 10.1. The van der Waals surface area contributed by atoms with Crippen LogP contribution in [0.4, 0.5) is 4.39 Å². The Labute approximate surface area is 79.6 Å². The van der Waals surface area contributed by atoms with Crippen LogP contribution in [-0.4, -0.2) is 16.0 Å². The molecule has 0 fully saturated rings. The summed E-state index contributed by atoms with van der Waals surface area (Å²) in [5.41, 5.74) is 0.921. The molecule has 2 rings (SSSR count). The molecule has 0 aliphatic carbocycles. The topological polar surface area (TPSA) is 45.8 Å². The van der Waals surface area contributed by atoms with Crippen LogP contribution in [0.25, 0.3) is 0 Å². The van der Waals surface area contributed by atoms with Gasteiger partial charge in [-0.25, -0.2) is 4.39 Å². The fourth-order valence-corrected chi connectivity index (χ4v) is 1.14. The molecule has 0 aliphatic rings. The number of rotatable bonds is 2. The Bertz CT molecular complexity index is 434. The first-order chi connectivity index (χ1) is 6.77. The molecule has 0 saturated heterocycles. The van der Waals surface area contributed by atoms with Crippen LogP contribution in [0.5, 0.6) is 0 Å². The number of H-pyrrole nitrogens is 1. The van der Waals surface area contributed by atoms with Crippen molar-refractivity contribution in [2.45, 2.75) is 0 Å². The molecule has 4 heteroatoms. The van der Waals surface area contributed by atoms with E-state index < -0.39 is 0 Å². The van der Waals surface area contributed by atoms with Gasteiger partial charge in [-0.15, -0.1) is 0 Å². The molecule has 1 aromatic carbocycles. The number of nitrogens with zero attached hydrogens (tertiary/aromatic N) is 1. The summed E-state index contributed by atoms with van der Waals surface area (Å²) in [5.74, 6) is -0.521. The van der Waals surface area contributed by atoms with Gasteiger partial charge in [-0.3, -0.25) is 9.89 Å². The normalized spacial score (nSPS) is 10.1. The van der Waals surface area contributed by atoms with E-state index in [1.807, 2.05) is 0 Å². The quantitative estimate of drug-likeness (QED) is 0.733. The summed E-state index contributed by atoms with van der Waals surface area (Å²) in [6.07, 6.45) is 2.94. The standard InChI is InChI=1S/C10H7FN2O/c11-9-3-1-7(2-4-9)10(14)8-5-12-13-6-8/h1-6H,(H,12,13). The molecule has 0 amide bonds. The first-order valence-corrected chi connectivity index (χ1v) is 4.06. The molecule has 0 radical (unpaired) electrons. The Kier molecular flexibility index (Phi) is 2.10.